The molecule has 30 nitrogen and oxygen atoms in total. The second-order valence-corrected chi connectivity index (χ2v) is 20.0. The van der Waals surface area contributed by atoms with E-state index in [1.54, 1.807) is 13.8 Å². The molecular formula is C49H91N15O15. The Morgan fingerprint density at radius 1 is 0.557 bits per heavy atom. The fourth-order valence-corrected chi connectivity index (χ4v) is 8.10. The number of rotatable bonds is 27. The molecule has 0 aromatic rings. The molecule has 0 aromatic carbocycles. The van der Waals surface area contributed by atoms with Crippen molar-refractivity contribution in [3.63, 3.8) is 0 Å². The van der Waals surface area contributed by atoms with Crippen molar-refractivity contribution in [1.82, 2.24) is 58.5 Å². The Morgan fingerprint density at radius 3 is 1.54 bits per heavy atom. The van der Waals surface area contributed by atoms with E-state index < -0.39 is 163 Å². The fourth-order valence-electron chi connectivity index (χ4n) is 8.10. The van der Waals surface area contributed by atoms with Gasteiger partial charge < -0.3 is 102 Å². The molecule has 1 rings (SSSR count). The van der Waals surface area contributed by atoms with E-state index in [9.17, 15) is 73.2 Å². The van der Waals surface area contributed by atoms with E-state index in [1.807, 2.05) is 0 Å². The van der Waals surface area contributed by atoms with Gasteiger partial charge in [-0.3, -0.25) is 52.7 Å². The number of carbonyl (C=O) groups excluding carboxylic acids is 11. The van der Waals surface area contributed by atoms with Crippen LogP contribution in [0.5, 0.6) is 0 Å². The number of aliphatic hydroxyl groups is 4. The van der Waals surface area contributed by atoms with Crippen molar-refractivity contribution >= 4 is 65.0 Å². The molecule has 1 heterocycles. The molecule has 0 saturated carbocycles. The number of nitrogens with two attached hydrogens (primary N) is 4. The van der Waals surface area contributed by atoms with Crippen molar-refractivity contribution in [2.75, 3.05) is 39.3 Å². The van der Waals surface area contributed by atoms with Gasteiger partial charge in [0.05, 0.1) is 24.9 Å². The summed E-state index contributed by atoms with van der Waals surface area (Å²) in [6.45, 7) is 6.71. The molecular weight excluding hydrogens is 1040 g/mol. The van der Waals surface area contributed by atoms with Gasteiger partial charge >= 0.3 is 0 Å². The van der Waals surface area contributed by atoms with Crippen molar-refractivity contribution in [2.24, 2.45) is 28.9 Å². The van der Waals surface area contributed by atoms with E-state index in [0.29, 0.717) is 6.42 Å². The number of nitrogens with one attached hydrogen (secondary N) is 11. The first-order valence-corrected chi connectivity index (χ1v) is 27.1. The smallest absolute Gasteiger partial charge is 0.245 e. The number of hydrogen-bond acceptors (Lipinski definition) is 19. The number of unbranched alkanes of at least 4 members (excludes halogenated alkanes) is 4. The van der Waals surface area contributed by atoms with Crippen molar-refractivity contribution in [3.05, 3.63) is 0 Å². The minimum Gasteiger partial charge on any atom is -0.394 e. The Balaban J connectivity index is 3.78. The van der Waals surface area contributed by atoms with Crippen molar-refractivity contribution in [2.45, 2.75) is 197 Å². The van der Waals surface area contributed by atoms with Gasteiger partial charge in [0.15, 0.2) is 0 Å². The standard InChI is InChI=1S/C49H91N15O15/c1-7-8-9-10-11-12-36(69)55-29(13-18-50)43(73)63-38(27(5)67)48(78)59-31(15-20-52)40(70)58-33-17-22-54-47(77)37(26(4)66)62-44(74)32(16-21-53)57-46(76)35(24-65)61-49(79)39(28(6)68)64-45(75)34(23-25(2)3)60-41(71)30(14-19-51)56-42(33)72/h25-35,37-39,65-68H,7-24,50-53H2,1-6H3,(H,54,77)(H,55,69)(H,56,72)(H,57,76)(H,58,70)(H,59,78)(H,60,71)(H,61,79)(H,62,74)(H,63,73)(H,64,75)/t26-,27-,28-,29+,30+,31+,32+,33+,34-,35+,37+,38+,39+/m1/s1. The lowest BCUT2D eigenvalue weighted by molar-refractivity contribution is -0.138. The van der Waals surface area contributed by atoms with Crippen LogP contribution in [0.1, 0.15) is 119 Å². The normalized spacial score (nSPS) is 23.8. The molecule has 23 N–H and O–H groups in total. The molecule has 0 unspecified atom stereocenters. The Labute approximate surface area is 461 Å². The second kappa shape index (κ2) is 37.7. The van der Waals surface area contributed by atoms with Gasteiger partial charge in [0.2, 0.25) is 65.0 Å². The average molecular weight is 1130 g/mol. The van der Waals surface area contributed by atoms with Gasteiger partial charge in [0.1, 0.15) is 60.4 Å². The highest BCUT2D eigenvalue weighted by Gasteiger charge is 2.38. The molecule has 1 fully saturated rings. The largest absolute Gasteiger partial charge is 0.394 e. The summed E-state index contributed by atoms with van der Waals surface area (Å²) < 4.78 is 0. The molecule has 1 saturated heterocycles. The van der Waals surface area contributed by atoms with E-state index in [0.717, 1.165) is 39.5 Å². The molecule has 11 amide bonds. The molecule has 0 aromatic heterocycles. The van der Waals surface area contributed by atoms with E-state index in [4.69, 9.17) is 22.9 Å². The van der Waals surface area contributed by atoms with Crippen LogP contribution in [0.3, 0.4) is 0 Å². The summed E-state index contributed by atoms with van der Waals surface area (Å²) in [6, 6.07) is -16.0. The lowest BCUT2D eigenvalue weighted by Gasteiger charge is -2.29. The Bertz CT molecular complexity index is 2000. The zero-order valence-corrected chi connectivity index (χ0v) is 46.4. The maximum absolute atomic E-state index is 14.3. The first kappa shape index (κ1) is 70.9. The lowest BCUT2D eigenvalue weighted by atomic mass is 10.0. The molecule has 0 bridgehead atoms. The first-order chi connectivity index (χ1) is 37.3. The summed E-state index contributed by atoms with van der Waals surface area (Å²) in [4.78, 5) is 151. The van der Waals surface area contributed by atoms with Crippen LogP contribution in [0.15, 0.2) is 0 Å². The second-order valence-electron chi connectivity index (χ2n) is 20.0. The highest BCUT2D eigenvalue weighted by atomic mass is 16.3. The summed E-state index contributed by atoms with van der Waals surface area (Å²) in [7, 11) is 0. The van der Waals surface area contributed by atoms with E-state index in [2.05, 4.69) is 65.4 Å². The minimum absolute atomic E-state index is 0.0223. The zero-order chi connectivity index (χ0) is 59.9. The quantitative estimate of drug-likeness (QED) is 0.0340. The summed E-state index contributed by atoms with van der Waals surface area (Å²) >= 11 is 0. The summed E-state index contributed by atoms with van der Waals surface area (Å²) in [5, 5.41) is 68.7. The van der Waals surface area contributed by atoms with Gasteiger partial charge in [-0.25, -0.2) is 0 Å². The molecule has 30 heteroatoms. The van der Waals surface area contributed by atoms with Crippen LogP contribution in [-0.2, 0) is 52.7 Å². The molecule has 1 aliphatic rings. The highest BCUT2D eigenvalue weighted by molar-refractivity contribution is 5.99. The zero-order valence-electron chi connectivity index (χ0n) is 46.4. The number of carbonyl (C=O) groups is 11. The van der Waals surface area contributed by atoms with Gasteiger partial charge in [-0.05, 0) is 97.8 Å². The van der Waals surface area contributed by atoms with E-state index >= 15 is 0 Å². The van der Waals surface area contributed by atoms with Crippen molar-refractivity contribution in [3.8, 4) is 0 Å². The molecule has 0 spiro atoms. The maximum Gasteiger partial charge on any atom is 0.245 e. The number of hydrogen-bond donors (Lipinski definition) is 19. The van der Waals surface area contributed by atoms with Crippen LogP contribution in [0.25, 0.3) is 0 Å². The molecule has 13 atom stereocenters. The lowest BCUT2D eigenvalue weighted by Crippen LogP contribution is -2.62. The van der Waals surface area contributed by atoms with Gasteiger partial charge in [0.25, 0.3) is 0 Å². The summed E-state index contributed by atoms with van der Waals surface area (Å²) in [5.74, 6) is -11.1. The molecule has 0 radical (unpaired) electrons. The molecule has 452 valence electrons. The van der Waals surface area contributed by atoms with Gasteiger partial charge in [-0.15, -0.1) is 0 Å². The van der Waals surface area contributed by atoms with Gasteiger partial charge in [0, 0.05) is 13.0 Å². The summed E-state index contributed by atoms with van der Waals surface area (Å²) in [6.07, 6.45) is -1.72. The van der Waals surface area contributed by atoms with E-state index in [-0.39, 0.29) is 70.6 Å². The summed E-state index contributed by atoms with van der Waals surface area (Å²) in [5.41, 5.74) is 23.2. The average Bonchev–Trinajstić information content (AvgIpc) is 3.37. The topological polar surface area (TPSA) is 505 Å². The number of aliphatic hydroxyl groups excluding tert-OH is 4. The van der Waals surface area contributed by atoms with Crippen molar-refractivity contribution in [1.29, 1.82) is 0 Å². The maximum atomic E-state index is 14.3. The predicted octanol–water partition coefficient (Wildman–Crippen LogP) is -7.71. The molecule has 0 aliphatic carbocycles. The minimum atomic E-state index is -1.80. The van der Waals surface area contributed by atoms with Crippen molar-refractivity contribution < 1.29 is 73.2 Å². The highest BCUT2D eigenvalue weighted by Crippen LogP contribution is 2.11. The molecule has 79 heavy (non-hydrogen) atoms. The van der Waals surface area contributed by atoms with Crippen LogP contribution in [0.2, 0.25) is 0 Å². The van der Waals surface area contributed by atoms with Crippen LogP contribution in [0, 0.1) is 5.92 Å². The van der Waals surface area contributed by atoms with Crippen LogP contribution in [-0.4, -0.2) is 203 Å². The Kier molecular flexibility index (Phi) is 33.8. The predicted molar refractivity (Wildman–Crippen MR) is 287 cm³/mol. The van der Waals surface area contributed by atoms with Crippen LogP contribution >= 0.6 is 0 Å². The van der Waals surface area contributed by atoms with Gasteiger partial charge in [-0.2, -0.15) is 0 Å². The fraction of sp³-hybridized carbons (Fsp3) is 0.776. The van der Waals surface area contributed by atoms with Crippen LogP contribution in [0.4, 0.5) is 0 Å². The van der Waals surface area contributed by atoms with Crippen LogP contribution < -0.4 is 81.4 Å². The van der Waals surface area contributed by atoms with Gasteiger partial charge in [-0.1, -0.05) is 46.5 Å². The third-order valence-corrected chi connectivity index (χ3v) is 12.6. The first-order valence-electron chi connectivity index (χ1n) is 27.1. The Hall–Kier alpha value is -6.15. The number of amides is 11. The third kappa shape index (κ3) is 25.7. The Morgan fingerprint density at radius 2 is 1.04 bits per heavy atom. The monoisotopic (exact) mass is 1130 g/mol. The third-order valence-electron chi connectivity index (χ3n) is 12.6. The SMILES string of the molecule is CCCCCCCC(=O)N[C@@H](CCN)C(=O)N[C@H](C(=O)N[C@@H](CCN)C(=O)N[C@H]1CCNC(=O)[C@H]([C@@H](C)O)NC(=O)[C@H](CCN)NC(=O)[C@H](CO)NC(=O)[C@H]([C@@H](C)O)NC(=O)[C@@H](CC(C)C)NC(=O)[C@H](CCN)NC1=O)[C@@H](C)O. The molecule has 1 aliphatic heterocycles. The van der Waals surface area contributed by atoms with E-state index in [1.165, 1.54) is 6.92 Å².